The van der Waals surface area contributed by atoms with E-state index in [0.29, 0.717) is 0 Å². The van der Waals surface area contributed by atoms with Crippen molar-refractivity contribution in [2.75, 3.05) is 7.11 Å². The molecule has 1 N–H and O–H groups in total. The number of carboxylic acid groups (broad SMARTS) is 1. The number of fused-ring (bicyclic) bond motifs is 1. The molecule has 2 aromatic carbocycles. The van der Waals surface area contributed by atoms with Crippen LogP contribution in [0.1, 0.15) is 10.5 Å². The number of nitrogens with zero attached hydrogens (tertiary/aromatic N) is 4. The lowest BCUT2D eigenvalue weighted by molar-refractivity contribution is -0.385. The van der Waals surface area contributed by atoms with E-state index in [9.17, 15) is 30.1 Å². The molecule has 0 bridgehead atoms. The van der Waals surface area contributed by atoms with Crippen molar-refractivity contribution in [3.63, 3.8) is 0 Å². The van der Waals surface area contributed by atoms with Crippen molar-refractivity contribution in [2.24, 2.45) is 0 Å². The van der Waals surface area contributed by atoms with E-state index in [4.69, 9.17) is 9.47 Å². The number of aromatic carboxylic acids is 1. The zero-order valence-electron chi connectivity index (χ0n) is 14.1. The van der Waals surface area contributed by atoms with Crippen LogP contribution in [0.4, 0.5) is 11.4 Å². The van der Waals surface area contributed by atoms with Crippen LogP contribution in [-0.2, 0) is 0 Å². The van der Waals surface area contributed by atoms with Crippen LogP contribution < -0.4 is 9.47 Å². The molecule has 0 spiro atoms. The number of hydrogen-bond acceptors (Lipinski definition) is 9. The van der Waals surface area contributed by atoms with E-state index in [0.717, 1.165) is 18.2 Å². The second kappa shape index (κ2) is 7.11. The lowest BCUT2D eigenvalue weighted by atomic mass is 10.2. The van der Waals surface area contributed by atoms with Gasteiger partial charge in [-0.15, -0.1) is 0 Å². The highest BCUT2D eigenvalue weighted by Crippen LogP contribution is 2.36. The number of ether oxygens (including phenoxy) is 2. The predicted octanol–water partition coefficient (Wildman–Crippen LogP) is 2.95. The van der Waals surface area contributed by atoms with Gasteiger partial charge in [-0.3, -0.25) is 20.2 Å². The molecule has 1 aromatic heterocycles. The third kappa shape index (κ3) is 3.46. The Balaban J connectivity index is 2.16. The van der Waals surface area contributed by atoms with Crippen molar-refractivity contribution >= 4 is 28.4 Å². The molecule has 0 amide bonds. The number of rotatable bonds is 6. The van der Waals surface area contributed by atoms with Gasteiger partial charge in [0.05, 0.1) is 34.1 Å². The van der Waals surface area contributed by atoms with Crippen LogP contribution >= 0.6 is 0 Å². The number of methoxy groups -OCH3 is 1. The van der Waals surface area contributed by atoms with E-state index in [-0.39, 0.29) is 34.1 Å². The second-order valence-corrected chi connectivity index (χ2v) is 5.31. The third-order valence-corrected chi connectivity index (χ3v) is 3.56. The molecular weight excluding hydrogens is 376 g/mol. The predicted molar refractivity (Wildman–Crippen MR) is 92.9 cm³/mol. The number of carboxylic acids is 1. The molecule has 0 aliphatic rings. The van der Waals surface area contributed by atoms with Crippen LogP contribution in [0.3, 0.4) is 0 Å². The Hall–Kier alpha value is -4.35. The van der Waals surface area contributed by atoms with Gasteiger partial charge in [-0.2, -0.15) is 0 Å². The summed E-state index contributed by atoms with van der Waals surface area (Å²) in [6, 6.07) is 7.24. The molecular formula is C16H10N4O8. The summed E-state index contributed by atoms with van der Waals surface area (Å²) in [5.74, 6) is -2.00. The molecule has 0 radical (unpaired) electrons. The standard InChI is InChI=1S/C16H10N4O8/c1-27-15-14(16(21)22)17-11-7-13(12(20(25)26)6-10(11)18-15)28-9-4-2-3-8(5-9)19(23)24/h2-7H,1H3,(H,21,22). The zero-order valence-corrected chi connectivity index (χ0v) is 14.1. The average molecular weight is 386 g/mol. The Labute approximate surface area is 155 Å². The average Bonchev–Trinajstić information content (AvgIpc) is 2.66. The molecule has 0 saturated heterocycles. The molecule has 0 saturated carbocycles. The largest absolute Gasteiger partial charge is 0.479 e. The summed E-state index contributed by atoms with van der Waals surface area (Å²) in [4.78, 5) is 40.0. The topological polar surface area (TPSA) is 168 Å². The maximum atomic E-state index is 11.4. The third-order valence-electron chi connectivity index (χ3n) is 3.56. The van der Waals surface area contributed by atoms with E-state index in [2.05, 4.69) is 9.97 Å². The first-order valence-corrected chi connectivity index (χ1v) is 7.50. The first kappa shape index (κ1) is 18.4. The van der Waals surface area contributed by atoms with Crippen molar-refractivity contribution in [2.45, 2.75) is 0 Å². The van der Waals surface area contributed by atoms with Crippen molar-refractivity contribution in [1.82, 2.24) is 9.97 Å². The number of carbonyl (C=O) groups is 1. The number of benzene rings is 2. The van der Waals surface area contributed by atoms with Gasteiger partial charge in [0, 0.05) is 18.2 Å². The van der Waals surface area contributed by atoms with Gasteiger partial charge in [-0.05, 0) is 6.07 Å². The van der Waals surface area contributed by atoms with E-state index in [1.54, 1.807) is 0 Å². The monoisotopic (exact) mass is 386 g/mol. The highest BCUT2D eigenvalue weighted by Gasteiger charge is 2.23. The first-order valence-electron chi connectivity index (χ1n) is 7.50. The Morgan fingerprint density at radius 3 is 2.39 bits per heavy atom. The number of non-ortho nitro benzene ring substituents is 1. The Bertz CT molecular complexity index is 1130. The number of nitro benzene ring substituents is 2. The molecule has 0 aliphatic heterocycles. The van der Waals surface area contributed by atoms with Crippen LogP contribution in [0.5, 0.6) is 17.4 Å². The minimum atomic E-state index is -1.40. The van der Waals surface area contributed by atoms with Crippen LogP contribution in [0.25, 0.3) is 11.0 Å². The van der Waals surface area contributed by atoms with Gasteiger partial charge in [-0.1, -0.05) is 6.07 Å². The second-order valence-electron chi connectivity index (χ2n) is 5.31. The molecule has 1 heterocycles. The molecule has 142 valence electrons. The van der Waals surface area contributed by atoms with Gasteiger partial charge >= 0.3 is 11.7 Å². The fraction of sp³-hybridized carbons (Fsp3) is 0.0625. The fourth-order valence-corrected chi connectivity index (χ4v) is 2.35. The quantitative estimate of drug-likeness (QED) is 0.491. The van der Waals surface area contributed by atoms with Crippen molar-refractivity contribution in [1.29, 1.82) is 0 Å². The number of aromatic nitrogens is 2. The van der Waals surface area contributed by atoms with Crippen LogP contribution in [0.15, 0.2) is 36.4 Å². The fourth-order valence-electron chi connectivity index (χ4n) is 2.35. The maximum absolute atomic E-state index is 11.4. The maximum Gasteiger partial charge on any atom is 0.360 e. The molecule has 12 heteroatoms. The summed E-state index contributed by atoms with van der Waals surface area (Å²) in [7, 11) is 1.19. The van der Waals surface area contributed by atoms with Crippen molar-refractivity contribution < 1.29 is 29.2 Å². The van der Waals surface area contributed by atoms with Crippen molar-refractivity contribution in [3.05, 3.63) is 62.3 Å². The number of nitro groups is 2. The molecule has 3 aromatic rings. The smallest absolute Gasteiger partial charge is 0.360 e. The van der Waals surface area contributed by atoms with Crippen LogP contribution in [0.2, 0.25) is 0 Å². The van der Waals surface area contributed by atoms with E-state index in [1.165, 1.54) is 25.3 Å². The van der Waals surface area contributed by atoms with E-state index < -0.39 is 27.2 Å². The van der Waals surface area contributed by atoms with Gasteiger partial charge in [-0.25, -0.2) is 14.8 Å². The van der Waals surface area contributed by atoms with Crippen LogP contribution in [-0.4, -0.2) is 38.0 Å². The van der Waals surface area contributed by atoms with Gasteiger partial charge < -0.3 is 14.6 Å². The molecule has 12 nitrogen and oxygen atoms in total. The summed E-state index contributed by atoms with van der Waals surface area (Å²) in [6.45, 7) is 0. The normalized spacial score (nSPS) is 10.5. The summed E-state index contributed by atoms with van der Waals surface area (Å²) in [6.07, 6.45) is 0. The molecule has 0 atom stereocenters. The van der Waals surface area contributed by atoms with Crippen molar-refractivity contribution in [3.8, 4) is 17.4 Å². The highest BCUT2D eigenvalue weighted by molar-refractivity contribution is 5.92. The van der Waals surface area contributed by atoms with Crippen LogP contribution in [0, 0.1) is 20.2 Å². The van der Waals surface area contributed by atoms with Gasteiger partial charge in [0.15, 0.2) is 0 Å². The molecule has 0 fully saturated rings. The summed E-state index contributed by atoms with van der Waals surface area (Å²) in [5.41, 5.74) is -1.22. The number of hydrogen-bond donors (Lipinski definition) is 1. The van der Waals surface area contributed by atoms with Gasteiger partial charge in [0.1, 0.15) is 5.75 Å². The Morgan fingerprint density at radius 2 is 1.79 bits per heavy atom. The lowest BCUT2D eigenvalue weighted by Gasteiger charge is -2.09. The summed E-state index contributed by atoms with van der Waals surface area (Å²) in [5, 5.41) is 31.5. The Kier molecular flexibility index (Phi) is 4.68. The zero-order chi connectivity index (χ0) is 20.4. The highest BCUT2D eigenvalue weighted by atomic mass is 16.6. The first-order chi connectivity index (χ1) is 13.3. The van der Waals surface area contributed by atoms with Gasteiger partial charge in [0.25, 0.3) is 5.69 Å². The van der Waals surface area contributed by atoms with Gasteiger partial charge in [0.2, 0.25) is 17.3 Å². The SMILES string of the molecule is COc1nc2cc([N+](=O)[O-])c(Oc3cccc([N+](=O)[O-])c3)cc2nc1C(=O)O. The molecule has 28 heavy (non-hydrogen) atoms. The molecule has 3 rings (SSSR count). The minimum absolute atomic E-state index is 0.00392. The molecule has 0 aliphatic carbocycles. The van der Waals surface area contributed by atoms with E-state index in [1.807, 2.05) is 0 Å². The van der Waals surface area contributed by atoms with E-state index >= 15 is 0 Å². The minimum Gasteiger partial charge on any atom is -0.479 e. The summed E-state index contributed by atoms with van der Waals surface area (Å²) < 4.78 is 10.3. The summed E-state index contributed by atoms with van der Waals surface area (Å²) >= 11 is 0. The lowest BCUT2D eigenvalue weighted by Crippen LogP contribution is -2.06. The molecule has 0 unspecified atom stereocenters. The Morgan fingerprint density at radius 1 is 1.07 bits per heavy atom.